The quantitative estimate of drug-likeness (QED) is 0.520. The van der Waals surface area contributed by atoms with Gasteiger partial charge in [-0.05, 0) is 0 Å². The van der Waals surface area contributed by atoms with Gasteiger partial charge in [-0.25, -0.2) is 0 Å². The second-order valence-electron chi connectivity index (χ2n) is 10.1. The van der Waals surface area contributed by atoms with Gasteiger partial charge < -0.3 is 0 Å². The zero-order valence-electron chi connectivity index (χ0n) is 16.9. The van der Waals surface area contributed by atoms with E-state index < -0.39 is 24.2 Å². The standard InChI is InChI=1S/C20H34SeSi3/c1-22(2,3)19-16-20(23(4,5)6,24(7,8)9)15-18(19)21-17-13-11-10-12-14-17/h10-16H,1-9H3. The van der Waals surface area contributed by atoms with Gasteiger partial charge in [0.1, 0.15) is 0 Å². The van der Waals surface area contributed by atoms with Gasteiger partial charge >= 0.3 is 159 Å². The zero-order chi connectivity index (χ0) is 18.4. The molecule has 132 valence electrons. The van der Waals surface area contributed by atoms with Gasteiger partial charge in [-0.2, -0.15) is 0 Å². The molecule has 24 heavy (non-hydrogen) atoms. The van der Waals surface area contributed by atoms with E-state index in [-0.39, 0.29) is 0 Å². The number of rotatable bonds is 5. The van der Waals surface area contributed by atoms with Crippen LogP contribution in [0.4, 0.5) is 0 Å². The maximum absolute atomic E-state index is 2.80. The number of hydrogen-bond donors (Lipinski definition) is 0. The van der Waals surface area contributed by atoms with Gasteiger partial charge in [0, 0.05) is 0 Å². The van der Waals surface area contributed by atoms with Crippen LogP contribution in [-0.2, 0) is 0 Å². The molecule has 0 N–H and O–H groups in total. The Kier molecular flexibility index (Phi) is 5.51. The summed E-state index contributed by atoms with van der Waals surface area (Å²) in [5.41, 5.74) is 0. The summed E-state index contributed by atoms with van der Waals surface area (Å²) in [4.78, 5) is 0. The Bertz CT molecular complexity index is 639. The van der Waals surface area contributed by atoms with Gasteiger partial charge in [0.15, 0.2) is 0 Å². The van der Waals surface area contributed by atoms with E-state index in [4.69, 9.17) is 0 Å². The SMILES string of the molecule is C[Si](C)(C)C1=CC([Si](C)(C)C)([Si](C)(C)C)C=C1[Se]c1ccccc1. The van der Waals surface area contributed by atoms with E-state index in [1.165, 1.54) is 4.46 Å². The Morgan fingerprint density at radius 1 is 0.708 bits per heavy atom. The van der Waals surface area contributed by atoms with Crippen LogP contribution in [0.3, 0.4) is 0 Å². The Morgan fingerprint density at radius 3 is 1.62 bits per heavy atom. The van der Waals surface area contributed by atoms with Crippen molar-refractivity contribution in [3.8, 4) is 0 Å². The number of hydrogen-bond acceptors (Lipinski definition) is 0. The zero-order valence-corrected chi connectivity index (χ0v) is 21.7. The molecule has 0 aromatic heterocycles. The summed E-state index contributed by atoms with van der Waals surface area (Å²) in [6.07, 6.45) is 5.59. The second-order valence-corrected chi connectivity index (χ2v) is 28.6. The third-order valence-electron chi connectivity index (χ3n) is 5.26. The summed E-state index contributed by atoms with van der Waals surface area (Å²) < 4.78 is 3.63. The van der Waals surface area contributed by atoms with Crippen LogP contribution in [0.15, 0.2) is 52.2 Å². The van der Waals surface area contributed by atoms with Crippen LogP contribution in [0, 0.1) is 0 Å². The predicted octanol–water partition coefficient (Wildman–Crippen LogP) is 5.67. The fraction of sp³-hybridized carbons (Fsp3) is 0.500. The molecule has 0 heterocycles. The van der Waals surface area contributed by atoms with Crippen molar-refractivity contribution in [1.29, 1.82) is 0 Å². The molecule has 0 radical (unpaired) electrons. The molecule has 0 spiro atoms. The van der Waals surface area contributed by atoms with E-state index in [0.717, 1.165) is 0 Å². The van der Waals surface area contributed by atoms with Crippen molar-refractivity contribution in [2.75, 3.05) is 0 Å². The van der Waals surface area contributed by atoms with E-state index in [0.29, 0.717) is 19.6 Å². The van der Waals surface area contributed by atoms with Crippen LogP contribution in [0.2, 0.25) is 63.6 Å². The molecule has 0 unspecified atom stereocenters. The number of allylic oxidation sites excluding steroid dienone is 4. The van der Waals surface area contributed by atoms with Gasteiger partial charge in [0.05, 0.1) is 0 Å². The molecule has 1 aliphatic carbocycles. The minimum absolute atomic E-state index is 0.404. The van der Waals surface area contributed by atoms with Crippen LogP contribution in [-0.4, -0.2) is 39.2 Å². The summed E-state index contributed by atoms with van der Waals surface area (Å²) in [7, 11) is -4.03. The van der Waals surface area contributed by atoms with Crippen LogP contribution in [0.1, 0.15) is 0 Å². The molecule has 0 bridgehead atoms. The Labute approximate surface area is 159 Å². The summed E-state index contributed by atoms with van der Waals surface area (Å²) in [5, 5.41) is 1.76. The average molecular weight is 438 g/mol. The van der Waals surface area contributed by atoms with E-state index >= 15 is 0 Å². The predicted molar refractivity (Wildman–Crippen MR) is 121 cm³/mol. The summed E-state index contributed by atoms with van der Waals surface area (Å²) in [6.45, 7) is 23.1. The molecule has 0 atom stereocenters. The van der Waals surface area contributed by atoms with E-state index in [9.17, 15) is 0 Å². The van der Waals surface area contributed by atoms with Crippen LogP contribution in [0.25, 0.3) is 0 Å². The van der Waals surface area contributed by atoms with Crippen molar-refractivity contribution in [2.24, 2.45) is 0 Å². The molecule has 0 saturated carbocycles. The minimum atomic E-state index is -1.35. The first-order valence-corrected chi connectivity index (χ1v) is 21.2. The first kappa shape index (κ1) is 20.2. The molecule has 1 aromatic carbocycles. The number of benzene rings is 1. The van der Waals surface area contributed by atoms with Crippen molar-refractivity contribution in [1.82, 2.24) is 0 Å². The average Bonchev–Trinajstić information content (AvgIpc) is 2.80. The second kappa shape index (κ2) is 6.55. The maximum atomic E-state index is 2.80. The van der Waals surface area contributed by atoms with Gasteiger partial charge in [0.25, 0.3) is 0 Å². The van der Waals surface area contributed by atoms with E-state index in [2.05, 4.69) is 101 Å². The van der Waals surface area contributed by atoms with Crippen molar-refractivity contribution in [3.63, 3.8) is 0 Å². The molecule has 1 aliphatic rings. The van der Waals surface area contributed by atoms with E-state index in [1.54, 1.807) is 9.67 Å². The summed E-state index contributed by atoms with van der Waals surface area (Å²) in [6, 6.07) is 11.1. The Morgan fingerprint density at radius 2 is 1.21 bits per heavy atom. The van der Waals surface area contributed by atoms with Gasteiger partial charge in [-0.1, -0.05) is 0 Å². The van der Waals surface area contributed by atoms with Crippen LogP contribution in [0.5, 0.6) is 0 Å². The van der Waals surface area contributed by atoms with E-state index in [1.807, 2.05) is 0 Å². The molecule has 0 saturated heterocycles. The Balaban J connectivity index is 2.61. The first-order chi connectivity index (χ1) is 10.8. The van der Waals surface area contributed by atoms with Crippen molar-refractivity contribution in [3.05, 3.63) is 52.2 Å². The van der Waals surface area contributed by atoms with Crippen LogP contribution >= 0.6 is 0 Å². The molecular formula is C20H34SeSi3. The molecule has 0 amide bonds. The van der Waals surface area contributed by atoms with Gasteiger partial charge in [-0.3, -0.25) is 0 Å². The van der Waals surface area contributed by atoms with Crippen molar-refractivity contribution >= 4 is 43.6 Å². The molecule has 2 rings (SSSR count). The van der Waals surface area contributed by atoms with Gasteiger partial charge in [0.2, 0.25) is 0 Å². The van der Waals surface area contributed by atoms with Crippen molar-refractivity contribution < 1.29 is 0 Å². The monoisotopic (exact) mass is 438 g/mol. The normalized spacial score (nSPS) is 18.4. The molecule has 0 nitrogen and oxygen atoms in total. The van der Waals surface area contributed by atoms with Gasteiger partial charge in [-0.15, -0.1) is 0 Å². The third kappa shape index (κ3) is 3.83. The summed E-state index contributed by atoms with van der Waals surface area (Å²) in [5.74, 6) is 0. The Hall–Kier alpha value is -0.130. The topological polar surface area (TPSA) is 0 Å². The fourth-order valence-electron chi connectivity index (χ4n) is 3.90. The fourth-order valence-corrected chi connectivity index (χ4v) is 21.6. The molecule has 4 heteroatoms. The molecular weight excluding hydrogens is 403 g/mol. The molecule has 0 fully saturated rings. The third-order valence-corrected chi connectivity index (χ3v) is 20.0. The molecule has 1 aromatic rings. The van der Waals surface area contributed by atoms with Crippen LogP contribution < -0.4 is 4.46 Å². The molecule has 0 aliphatic heterocycles. The summed E-state index contributed by atoms with van der Waals surface area (Å²) >= 11 is 0.439. The first-order valence-electron chi connectivity index (χ1n) is 8.97. The van der Waals surface area contributed by atoms with Crippen molar-refractivity contribution in [2.45, 2.75) is 63.6 Å².